The number of esters is 1. The van der Waals surface area contributed by atoms with Crippen molar-refractivity contribution < 1.29 is 34.4 Å². The molecule has 0 bridgehead atoms. The molecule has 0 aromatic carbocycles. The van der Waals surface area contributed by atoms with Crippen molar-refractivity contribution in [2.24, 2.45) is 11.8 Å². The first-order valence-electron chi connectivity index (χ1n) is 9.43. The maximum absolute atomic E-state index is 12.7. The molecule has 7 nitrogen and oxygen atoms in total. The lowest BCUT2D eigenvalue weighted by Gasteiger charge is -2.29. The number of cyclic esters (lactones) is 1. The lowest BCUT2D eigenvalue weighted by molar-refractivity contribution is -0.162. The summed E-state index contributed by atoms with van der Waals surface area (Å²) in [6.07, 6.45) is 3.41. The fourth-order valence-corrected chi connectivity index (χ4v) is 3.23. The third kappa shape index (κ3) is 6.02. The molecule has 0 aromatic rings. The van der Waals surface area contributed by atoms with E-state index in [0.29, 0.717) is 24.2 Å². The third-order valence-electron chi connectivity index (χ3n) is 4.87. The number of ketones is 1. The Balaban J connectivity index is 3.42. The van der Waals surface area contributed by atoms with E-state index in [4.69, 9.17) is 9.47 Å². The van der Waals surface area contributed by atoms with Gasteiger partial charge in [0.2, 0.25) is 0 Å². The SMILES string of the molecule is C=C1/C=C(\CO)[C@H](CC)OC(=O)[C@H](C)C(=O)C(O)(CO)C/C(OC)=C/[C@@H](C)C1. The minimum absolute atomic E-state index is 0.0420. The summed E-state index contributed by atoms with van der Waals surface area (Å²) in [4.78, 5) is 25.2. The van der Waals surface area contributed by atoms with Gasteiger partial charge in [0.15, 0.2) is 11.4 Å². The second kappa shape index (κ2) is 10.5. The zero-order chi connectivity index (χ0) is 21.5. The number of hydrogen-bond donors (Lipinski definition) is 3. The average Bonchev–Trinajstić information content (AvgIpc) is 2.67. The number of methoxy groups -OCH3 is 1. The molecular weight excluding hydrogens is 364 g/mol. The van der Waals surface area contributed by atoms with Crippen molar-refractivity contribution in [2.45, 2.75) is 51.7 Å². The van der Waals surface area contributed by atoms with Crippen molar-refractivity contribution in [3.05, 3.63) is 35.6 Å². The molecule has 0 fully saturated rings. The standard InChI is InChI=1S/C21H32O7/c1-6-18-16(11-22)8-13(2)7-14(3)9-17(27-5)10-21(26,12-23)19(24)15(4)20(25)28-18/h8-9,14-15,18,22-23,26H,2,6-7,10-12H2,1,3-5H3/b16-8+,17-9-/t14-,15+,18-,21?/m0/s1. The summed E-state index contributed by atoms with van der Waals surface area (Å²) in [5, 5.41) is 30.1. The first-order chi connectivity index (χ1) is 13.1. The van der Waals surface area contributed by atoms with Crippen LogP contribution in [0.2, 0.25) is 0 Å². The van der Waals surface area contributed by atoms with Crippen LogP contribution in [0.1, 0.15) is 40.0 Å². The molecule has 0 aliphatic carbocycles. The predicted octanol–water partition coefficient (Wildman–Crippen LogP) is 1.67. The van der Waals surface area contributed by atoms with Gasteiger partial charge >= 0.3 is 5.97 Å². The van der Waals surface area contributed by atoms with Crippen molar-refractivity contribution in [3.63, 3.8) is 0 Å². The first kappa shape index (κ1) is 24.1. The van der Waals surface area contributed by atoms with E-state index in [1.807, 2.05) is 6.92 Å². The van der Waals surface area contributed by atoms with Gasteiger partial charge in [0.1, 0.15) is 12.0 Å². The fraction of sp³-hybridized carbons (Fsp3) is 0.619. The highest BCUT2D eigenvalue weighted by Crippen LogP contribution is 2.27. The molecule has 0 saturated heterocycles. The molecule has 158 valence electrons. The number of carbonyl (C=O) groups is 2. The highest BCUT2D eigenvalue weighted by Gasteiger charge is 2.43. The van der Waals surface area contributed by atoms with Gasteiger partial charge in [0.05, 0.1) is 26.1 Å². The van der Waals surface area contributed by atoms with Crippen molar-refractivity contribution in [3.8, 4) is 0 Å². The summed E-state index contributed by atoms with van der Waals surface area (Å²) in [6, 6.07) is 0. The number of rotatable bonds is 4. The zero-order valence-electron chi connectivity index (χ0n) is 17.1. The van der Waals surface area contributed by atoms with Gasteiger partial charge in [0, 0.05) is 6.42 Å². The fourth-order valence-electron chi connectivity index (χ4n) is 3.23. The molecular formula is C21H32O7. The van der Waals surface area contributed by atoms with Crippen LogP contribution in [-0.2, 0) is 19.1 Å². The van der Waals surface area contributed by atoms with Crippen LogP contribution in [0.5, 0.6) is 0 Å². The van der Waals surface area contributed by atoms with Gasteiger partial charge in [-0.2, -0.15) is 0 Å². The largest absolute Gasteiger partial charge is 0.501 e. The van der Waals surface area contributed by atoms with Crippen LogP contribution in [0.15, 0.2) is 35.6 Å². The van der Waals surface area contributed by atoms with Crippen LogP contribution < -0.4 is 0 Å². The van der Waals surface area contributed by atoms with Gasteiger partial charge in [-0.1, -0.05) is 32.1 Å². The summed E-state index contributed by atoms with van der Waals surface area (Å²) in [5.74, 6) is -2.70. The Morgan fingerprint density at radius 2 is 1.96 bits per heavy atom. The molecule has 0 radical (unpaired) electrons. The zero-order valence-corrected chi connectivity index (χ0v) is 17.1. The summed E-state index contributed by atoms with van der Waals surface area (Å²) in [5.41, 5.74) is -0.951. The smallest absolute Gasteiger partial charge is 0.316 e. The highest BCUT2D eigenvalue weighted by atomic mass is 16.5. The summed E-state index contributed by atoms with van der Waals surface area (Å²) < 4.78 is 10.7. The van der Waals surface area contributed by atoms with Crippen LogP contribution in [-0.4, -0.2) is 59.1 Å². The highest BCUT2D eigenvalue weighted by molar-refractivity contribution is 6.03. The number of hydrogen-bond acceptors (Lipinski definition) is 7. The van der Waals surface area contributed by atoms with E-state index in [9.17, 15) is 24.9 Å². The van der Waals surface area contributed by atoms with Crippen molar-refractivity contribution in [1.29, 1.82) is 0 Å². The maximum atomic E-state index is 12.7. The Hall–Kier alpha value is -1.96. The lowest BCUT2D eigenvalue weighted by Crippen LogP contribution is -2.48. The summed E-state index contributed by atoms with van der Waals surface area (Å²) in [7, 11) is 1.41. The lowest BCUT2D eigenvalue weighted by atomic mass is 9.86. The molecule has 1 aliphatic heterocycles. The third-order valence-corrected chi connectivity index (χ3v) is 4.87. The van der Waals surface area contributed by atoms with Crippen LogP contribution in [0.3, 0.4) is 0 Å². The normalized spacial score (nSPS) is 34.5. The molecule has 0 saturated carbocycles. The molecule has 0 spiro atoms. The molecule has 0 aromatic heterocycles. The Morgan fingerprint density at radius 1 is 1.32 bits per heavy atom. The number of aliphatic hydroxyl groups excluding tert-OH is 2. The van der Waals surface area contributed by atoms with Gasteiger partial charge < -0.3 is 24.8 Å². The Labute approximate surface area is 166 Å². The minimum Gasteiger partial charge on any atom is -0.501 e. The summed E-state index contributed by atoms with van der Waals surface area (Å²) in [6.45, 7) is 7.86. The van der Waals surface area contributed by atoms with Gasteiger partial charge in [-0.25, -0.2) is 0 Å². The molecule has 1 rings (SSSR count). The second-order valence-corrected chi connectivity index (χ2v) is 7.34. The van der Waals surface area contributed by atoms with E-state index >= 15 is 0 Å². The number of carbonyl (C=O) groups excluding carboxylic acids is 2. The van der Waals surface area contributed by atoms with E-state index in [0.717, 1.165) is 5.57 Å². The Morgan fingerprint density at radius 3 is 2.46 bits per heavy atom. The van der Waals surface area contributed by atoms with Gasteiger partial charge in [-0.05, 0) is 37.3 Å². The quantitative estimate of drug-likeness (QED) is 0.489. The molecule has 1 aliphatic rings. The van der Waals surface area contributed by atoms with E-state index in [1.54, 1.807) is 19.1 Å². The molecule has 3 N–H and O–H groups in total. The van der Waals surface area contributed by atoms with E-state index in [2.05, 4.69) is 6.58 Å². The number of aliphatic hydroxyl groups is 3. The Kier molecular flexibility index (Phi) is 9.07. The Bertz CT molecular complexity index is 649. The maximum Gasteiger partial charge on any atom is 0.316 e. The molecule has 1 heterocycles. The predicted molar refractivity (Wildman–Crippen MR) is 104 cm³/mol. The molecule has 28 heavy (non-hydrogen) atoms. The minimum atomic E-state index is -2.17. The molecule has 1 unspecified atom stereocenters. The van der Waals surface area contributed by atoms with Gasteiger partial charge in [0.25, 0.3) is 0 Å². The van der Waals surface area contributed by atoms with Crippen molar-refractivity contribution in [2.75, 3.05) is 20.3 Å². The number of ether oxygens (including phenoxy) is 2. The average molecular weight is 396 g/mol. The van der Waals surface area contributed by atoms with E-state index in [-0.39, 0.29) is 18.9 Å². The van der Waals surface area contributed by atoms with Gasteiger partial charge in [-0.3, -0.25) is 9.59 Å². The van der Waals surface area contributed by atoms with Crippen LogP contribution in [0.25, 0.3) is 0 Å². The van der Waals surface area contributed by atoms with E-state index < -0.39 is 36.0 Å². The van der Waals surface area contributed by atoms with Crippen LogP contribution in [0, 0.1) is 11.8 Å². The van der Waals surface area contributed by atoms with Crippen LogP contribution in [0.4, 0.5) is 0 Å². The van der Waals surface area contributed by atoms with Crippen LogP contribution >= 0.6 is 0 Å². The van der Waals surface area contributed by atoms with Gasteiger partial charge in [-0.15, -0.1) is 0 Å². The monoisotopic (exact) mass is 396 g/mol. The van der Waals surface area contributed by atoms with E-state index in [1.165, 1.54) is 14.0 Å². The molecule has 4 atom stereocenters. The molecule has 7 heteroatoms. The number of Topliss-reactive ketones (excluding diaryl/α,β-unsaturated/α-hetero) is 1. The van der Waals surface area contributed by atoms with Crippen molar-refractivity contribution in [1.82, 2.24) is 0 Å². The second-order valence-electron chi connectivity index (χ2n) is 7.34. The van der Waals surface area contributed by atoms with Crippen molar-refractivity contribution >= 4 is 11.8 Å². The molecule has 0 amide bonds. The summed E-state index contributed by atoms with van der Waals surface area (Å²) >= 11 is 0. The first-order valence-corrected chi connectivity index (χ1v) is 9.43. The number of allylic oxidation sites excluding steroid dienone is 3. The topological polar surface area (TPSA) is 113 Å².